The summed E-state index contributed by atoms with van der Waals surface area (Å²) in [7, 11) is 0. The highest BCUT2D eigenvalue weighted by Gasteiger charge is 2.29. The molecule has 164 valence electrons. The van der Waals surface area contributed by atoms with Gasteiger partial charge in [0.25, 0.3) is 5.91 Å². The molecule has 1 N–H and O–H groups in total. The fourth-order valence-corrected chi connectivity index (χ4v) is 4.29. The van der Waals surface area contributed by atoms with Crippen molar-refractivity contribution in [2.75, 3.05) is 0 Å². The molecule has 1 aliphatic rings. The van der Waals surface area contributed by atoms with Crippen molar-refractivity contribution in [1.29, 1.82) is 0 Å². The van der Waals surface area contributed by atoms with E-state index >= 15 is 0 Å². The third-order valence-electron chi connectivity index (χ3n) is 6.00. The summed E-state index contributed by atoms with van der Waals surface area (Å²) < 4.78 is 3.80. The minimum Gasteiger partial charge on any atom is -0.348 e. The van der Waals surface area contributed by atoms with Crippen molar-refractivity contribution in [2.24, 2.45) is 0 Å². The molecule has 0 spiro atoms. The highest BCUT2D eigenvalue weighted by atomic mass is 16.1. The summed E-state index contributed by atoms with van der Waals surface area (Å²) in [6.45, 7) is 8.58. The lowest BCUT2D eigenvalue weighted by molar-refractivity contribution is 0.0937. The predicted octanol–water partition coefficient (Wildman–Crippen LogP) is 4.24. The van der Waals surface area contributed by atoms with Crippen LogP contribution in [-0.2, 0) is 6.54 Å². The normalized spacial score (nSPS) is 14.6. The van der Waals surface area contributed by atoms with Gasteiger partial charge in [0.05, 0.1) is 34.6 Å². The van der Waals surface area contributed by atoms with Gasteiger partial charge >= 0.3 is 0 Å². The molecule has 5 rings (SSSR count). The van der Waals surface area contributed by atoms with Gasteiger partial charge in [-0.2, -0.15) is 10.2 Å². The van der Waals surface area contributed by atoms with Gasteiger partial charge in [-0.15, -0.1) is 0 Å². The van der Waals surface area contributed by atoms with E-state index in [2.05, 4.69) is 10.4 Å². The van der Waals surface area contributed by atoms with Crippen LogP contribution in [0.5, 0.6) is 0 Å². The van der Waals surface area contributed by atoms with Crippen LogP contribution < -0.4 is 5.32 Å². The van der Waals surface area contributed by atoms with Crippen molar-refractivity contribution in [1.82, 2.24) is 29.9 Å². The monoisotopic (exact) mass is 428 g/mol. The molecule has 4 aromatic rings. The molecule has 1 aromatic carbocycles. The average Bonchev–Trinajstić information content (AvgIpc) is 3.50. The molecule has 0 aliphatic heterocycles. The average molecular weight is 429 g/mol. The molecule has 0 radical (unpaired) electrons. The quantitative estimate of drug-likeness (QED) is 0.498. The standard InChI is InChI=1S/C25H28N6O/c1-15-12-17(3)30(28-15)14-16(2)26-25(32)21-13-22(19-10-11-19)27-24-23(21)18(4)29-31(24)20-8-6-5-7-9-20/h5-9,12-13,16,19H,10-11,14H2,1-4H3,(H,26,32)/t16-/m0/s1. The molecule has 32 heavy (non-hydrogen) atoms. The van der Waals surface area contributed by atoms with Gasteiger partial charge in [-0.1, -0.05) is 18.2 Å². The van der Waals surface area contributed by atoms with Gasteiger partial charge in [-0.3, -0.25) is 9.48 Å². The maximum Gasteiger partial charge on any atom is 0.252 e. The number of carbonyl (C=O) groups is 1. The molecule has 1 fully saturated rings. The minimum absolute atomic E-state index is 0.0717. The first-order chi connectivity index (χ1) is 15.4. The number of pyridine rings is 1. The van der Waals surface area contributed by atoms with Crippen LogP contribution in [0.15, 0.2) is 42.5 Å². The number of para-hydroxylation sites is 1. The summed E-state index contributed by atoms with van der Waals surface area (Å²) in [5, 5.41) is 13.2. The zero-order valence-corrected chi connectivity index (χ0v) is 19.0. The number of benzene rings is 1. The Bertz CT molecular complexity index is 1300. The summed E-state index contributed by atoms with van der Waals surface area (Å²) in [4.78, 5) is 18.4. The fraction of sp³-hybridized carbons (Fsp3) is 0.360. The fourth-order valence-electron chi connectivity index (χ4n) is 4.29. The Labute approximate surface area is 187 Å². The molecule has 7 heteroatoms. The molecule has 0 unspecified atom stereocenters. The van der Waals surface area contributed by atoms with Crippen LogP contribution in [0.2, 0.25) is 0 Å². The number of hydrogen-bond acceptors (Lipinski definition) is 4. The lowest BCUT2D eigenvalue weighted by Crippen LogP contribution is -2.36. The molecular formula is C25H28N6O. The number of fused-ring (bicyclic) bond motifs is 1. The zero-order valence-electron chi connectivity index (χ0n) is 19.0. The van der Waals surface area contributed by atoms with Crippen LogP contribution in [-0.4, -0.2) is 36.5 Å². The van der Waals surface area contributed by atoms with Gasteiger partial charge in [0.1, 0.15) is 0 Å². The van der Waals surface area contributed by atoms with Crippen LogP contribution in [0, 0.1) is 20.8 Å². The summed E-state index contributed by atoms with van der Waals surface area (Å²) >= 11 is 0. The third kappa shape index (κ3) is 3.79. The minimum atomic E-state index is -0.0935. The first-order valence-corrected chi connectivity index (χ1v) is 11.2. The van der Waals surface area contributed by atoms with E-state index in [1.165, 1.54) is 0 Å². The Kier molecular flexibility index (Phi) is 5.04. The maximum absolute atomic E-state index is 13.4. The molecule has 3 aromatic heterocycles. The van der Waals surface area contributed by atoms with Crippen molar-refractivity contribution >= 4 is 16.9 Å². The summed E-state index contributed by atoms with van der Waals surface area (Å²) in [5.41, 5.74) is 6.18. The molecule has 0 saturated heterocycles. The van der Waals surface area contributed by atoms with E-state index in [9.17, 15) is 4.79 Å². The van der Waals surface area contributed by atoms with Gasteiger partial charge in [0.15, 0.2) is 5.65 Å². The van der Waals surface area contributed by atoms with Crippen LogP contribution in [0.4, 0.5) is 0 Å². The number of nitrogens with one attached hydrogen (secondary N) is 1. The number of nitrogens with zero attached hydrogens (tertiary/aromatic N) is 5. The Morgan fingerprint density at radius 3 is 2.53 bits per heavy atom. The van der Waals surface area contributed by atoms with Gasteiger partial charge in [-0.25, -0.2) is 9.67 Å². The third-order valence-corrected chi connectivity index (χ3v) is 6.00. The lowest BCUT2D eigenvalue weighted by atomic mass is 10.1. The topological polar surface area (TPSA) is 77.6 Å². The van der Waals surface area contributed by atoms with Gasteiger partial charge in [0.2, 0.25) is 0 Å². The smallest absolute Gasteiger partial charge is 0.252 e. The van der Waals surface area contributed by atoms with Crippen molar-refractivity contribution in [3.63, 3.8) is 0 Å². The van der Waals surface area contributed by atoms with E-state index in [-0.39, 0.29) is 11.9 Å². The summed E-state index contributed by atoms with van der Waals surface area (Å²) in [6.07, 6.45) is 2.23. The molecule has 1 atom stereocenters. The van der Waals surface area contributed by atoms with Gasteiger partial charge in [-0.05, 0) is 64.8 Å². The molecule has 0 bridgehead atoms. The lowest BCUT2D eigenvalue weighted by Gasteiger charge is -2.16. The molecular weight excluding hydrogens is 400 g/mol. The van der Waals surface area contributed by atoms with Crippen molar-refractivity contribution in [2.45, 2.75) is 59.0 Å². The largest absolute Gasteiger partial charge is 0.348 e. The molecule has 7 nitrogen and oxygen atoms in total. The second kappa shape index (κ2) is 7.89. The number of hydrogen-bond donors (Lipinski definition) is 1. The van der Waals surface area contributed by atoms with E-state index < -0.39 is 0 Å². The van der Waals surface area contributed by atoms with Crippen molar-refractivity contribution in [3.05, 3.63) is 70.8 Å². The van der Waals surface area contributed by atoms with Gasteiger partial charge in [0, 0.05) is 23.3 Å². The first kappa shape index (κ1) is 20.4. The summed E-state index contributed by atoms with van der Waals surface area (Å²) in [5.74, 6) is 0.335. The summed E-state index contributed by atoms with van der Waals surface area (Å²) in [6, 6.07) is 13.9. The zero-order chi connectivity index (χ0) is 22.4. The van der Waals surface area contributed by atoms with Crippen LogP contribution >= 0.6 is 0 Å². The number of aryl methyl sites for hydroxylation is 3. The van der Waals surface area contributed by atoms with E-state index in [0.717, 1.165) is 52.3 Å². The van der Waals surface area contributed by atoms with E-state index in [1.807, 2.05) is 79.5 Å². The van der Waals surface area contributed by atoms with E-state index in [4.69, 9.17) is 10.1 Å². The Morgan fingerprint density at radius 1 is 1.12 bits per heavy atom. The Morgan fingerprint density at radius 2 is 1.88 bits per heavy atom. The van der Waals surface area contributed by atoms with Gasteiger partial charge < -0.3 is 5.32 Å². The molecule has 1 amide bonds. The van der Waals surface area contributed by atoms with E-state index in [0.29, 0.717) is 18.0 Å². The first-order valence-electron chi connectivity index (χ1n) is 11.2. The molecule has 1 saturated carbocycles. The number of amides is 1. The highest BCUT2D eigenvalue weighted by molar-refractivity contribution is 6.07. The van der Waals surface area contributed by atoms with Crippen LogP contribution in [0.1, 0.15) is 58.8 Å². The second-order valence-corrected chi connectivity index (χ2v) is 8.88. The van der Waals surface area contributed by atoms with Crippen LogP contribution in [0.3, 0.4) is 0 Å². The number of aromatic nitrogens is 5. The van der Waals surface area contributed by atoms with Crippen molar-refractivity contribution < 1.29 is 4.79 Å². The number of rotatable bonds is 6. The second-order valence-electron chi connectivity index (χ2n) is 8.88. The Hall–Kier alpha value is -3.48. The molecule has 3 heterocycles. The maximum atomic E-state index is 13.4. The number of carbonyl (C=O) groups excluding carboxylic acids is 1. The Balaban J connectivity index is 1.52. The predicted molar refractivity (Wildman–Crippen MR) is 124 cm³/mol. The van der Waals surface area contributed by atoms with Crippen LogP contribution in [0.25, 0.3) is 16.7 Å². The van der Waals surface area contributed by atoms with Crippen molar-refractivity contribution in [3.8, 4) is 5.69 Å². The SMILES string of the molecule is Cc1cc(C)n(C[C@H](C)NC(=O)c2cc(C3CC3)nc3c2c(C)nn3-c2ccccc2)n1. The highest BCUT2D eigenvalue weighted by Crippen LogP contribution is 2.40. The molecule has 1 aliphatic carbocycles. The van der Waals surface area contributed by atoms with E-state index in [1.54, 1.807) is 0 Å².